The molecule has 1 aromatic carbocycles. The highest BCUT2D eigenvalue weighted by atomic mass is 16.2. The number of hydrogen-bond donors (Lipinski definition) is 1. The van der Waals surface area contributed by atoms with Crippen molar-refractivity contribution in [2.75, 3.05) is 19.6 Å². The van der Waals surface area contributed by atoms with Crippen molar-refractivity contribution in [1.29, 1.82) is 0 Å². The Bertz CT molecular complexity index is 1010. The first kappa shape index (κ1) is 22.3. The Morgan fingerprint density at radius 2 is 1.88 bits per heavy atom. The maximum absolute atomic E-state index is 14.4. The fourth-order valence-corrected chi connectivity index (χ4v) is 7.87. The smallest absolute Gasteiger partial charge is 0.228 e. The van der Waals surface area contributed by atoms with Gasteiger partial charge in [-0.2, -0.15) is 5.10 Å². The predicted molar refractivity (Wildman–Crippen MR) is 135 cm³/mol. The second-order valence-electron chi connectivity index (χ2n) is 11.5. The van der Waals surface area contributed by atoms with Crippen molar-refractivity contribution in [3.05, 3.63) is 53.3 Å². The lowest BCUT2D eigenvalue weighted by Gasteiger charge is -2.47. The van der Waals surface area contributed by atoms with E-state index >= 15 is 0 Å². The molecule has 34 heavy (non-hydrogen) atoms. The van der Waals surface area contributed by atoms with E-state index in [2.05, 4.69) is 58.2 Å². The van der Waals surface area contributed by atoms with Crippen molar-refractivity contribution < 1.29 is 4.79 Å². The summed E-state index contributed by atoms with van der Waals surface area (Å²) in [6, 6.07) is 13.7. The van der Waals surface area contributed by atoms with Gasteiger partial charge in [-0.15, -0.1) is 0 Å². The minimum Gasteiger partial charge on any atom is -0.339 e. The predicted octanol–water partition coefficient (Wildman–Crippen LogP) is 4.80. The van der Waals surface area contributed by atoms with Crippen molar-refractivity contribution >= 4 is 5.91 Å². The van der Waals surface area contributed by atoms with Crippen LogP contribution in [0.15, 0.2) is 36.4 Å². The lowest BCUT2D eigenvalue weighted by atomic mass is 9.69. The standard InChI is InChI=1S/C29H40N4O/c1-21-17-27-29(14-8-15-33(27)31-21)20-30-19-25(29)28(34)32-16-13-24(22-9-4-2-5-10-22)18-26(32)23-11-6-3-7-12-23/h2,4-5,9-10,17,23-26,30H,3,6-8,11-16,18-20H2,1H3. The van der Waals surface area contributed by atoms with Gasteiger partial charge in [-0.1, -0.05) is 49.6 Å². The Hall–Kier alpha value is -2.14. The highest BCUT2D eigenvalue weighted by molar-refractivity contribution is 5.82. The summed E-state index contributed by atoms with van der Waals surface area (Å²) in [6.45, 7) is 5.69. The fourth-order valence-electron chi connectivity index (χ4n) is 7.87. The van der Waals surface area contributed by atoms with Gasteiger partial charge < -0.3 is 10.2 Å². The van der Waals surface area contributed by atoms with Gasteiger partial charge in [0.25, 0.3) is 0 Å². The monoisotopic (exact) mass is 460 g/mol. The lowest BCUT2D eigenvalue weighted by Crippen LogP contribution is -2.55. The third-order valence-electron chi connectivity index (χ3n) is 9.55. The van der Waals surface area contributed by atoms with Crippen LogP contribution in [0.4, 0.5) is 0 Å². The number of aromatic nitrogens is 2. The van der Waals surface area contributed by atoms with Crippen molar-refractivity contribution in [1.82, 2.24) is 20.0 Å². The van der Waals surface area contributed by atoms with Crippen LogP contribution in [-0.4, -0.2) is 46.3 Å². The highest BCUT2D eigenvalue weighted by Crippen LogP contribution is 2.46. The Balaban J connectivity index is 1.30. The van der Waals surface area contributed by atoms with Crippen LogP contribution < -0.4 is 5.32 Å². The van der Waals surface area contributed by atoms with Crippen LogP contribution in [0.2, 0.25) is 0 Å². The average molecular weight is 461 g/mol. The first-order chi connectivity index (χ1) is 16.7. The van der Waals surface area contributed by atoms with E-state index in [4.69, 9.17) is 5.10 Å². The molecule has 5 nitrogen and oxygen atoms in total. The largest absolute Gasteiger partial charge is 0.339 e. The summed E-state index contributed by atoms with van der Waals surface area (Å²) in [5.74, 6) is 1.68. The molecule has 182 valence electrons. The molecule has 1 spiro atoms. The number of nitrogens with one attached hydrogen (secondary N) is 1. The van der Waals surface area contributed by atoms with Crippen molar-refractivity contribution in [3.63, 3.8) is 0 Å². The van der Waals surface area contributed by atoms with E-state index < -0.39 is 0 Å². The summed E-state index contributed by atoms with van der Waals surface area (Å²) < 4.78 is 2.20. The molecule has 1 amide bonds. The second-order valence-corrected chi connectivity index (χ2v) is 11.5. The molecule has 4 atom stereocenters. The fraction of sp³-hybridized carbons (Fsp3) is 0.655. The van der Waals surface area contributed by atoms with E-state index in [-0.39, 0.29) is 11.3 Å². The summed E-state index contributed by atoms with van der Waals surface area (Å²) in [5, 5.41) is 8.42. The van der Waals surface area contributed by atoms with Gasteiger partial charge in [0.05, 0.1) is 11.6 Å². The van der Waals surface area contributed by atoms with Crippen LogP contribution in [0, 0.1) is 18.8 Å². The average Bonchev–Trinajstić information content (AvgIpc) is 3.48. The number of fused-ring (bicyclic) bond motifs is 2. The molecule has 4 unspecified atom stereocenters. The van der Waals surface area contributed by atoms with Gasteiger partial charge in [-0.3, -0.25) is 9.48 Å². The molecule has 3 aliphatic heterocycles. The number of rotatable bonds is 3. The third kappa shape index (κ3) is 3.80. The van der Waals surface area contributed by atoms with Gasteiger partial charge in [0, 0.05) is 43.3 Å². The molecule has 0 radical (unpaired) electrons. The van der Waals surface area contributed by atoms with Crippen molar-refractivity contribution in [2.45, 2.75) is 88.6 Å². The van der Waals surface area contributed by atoms with E-state index in [9.17, 15) is 4.79 Å². The molecule has 4 aliphatic rings. The van der Waals surface area contributed by atoms with E-state index in [0.717, 1.165) is 57.6 Å². The zero-order valence-electron chi connectivity index (χ0n) is 20.7. The summed E-state index contributed by atoms with van der Waals surface area (Å²) in [6.07, 6.45) is 11.0. The Morgan fingerprint density at radius 1 is 1.06 bits per heavy atom. The Labute approximate surface area is 204 Å². The maximum atomic E-state index is 14.4. The number of carbonyl (C=O) groups is 1. The molecular weight excluding hydrogens is 420 g/mol. The van der Waals surface area contributed by atoms with Gasteiger partial charge in [0.15, 0.2) is 0 Å². The number of likely N-dealkylation sites (tertiary alicyclic amines) is 1. The summed E-state index contributed by atoms with van der Waals surface area (Å²) in [5.41, 5.74) is 3.75. The molecule has 5 heteroatoms. The van der Waals surface area contributed by atoms with Gasteiger partial charge >= 0.3 is 0 Å². The first-order valence-electron chi connectivity index (χ1n) is 13.8. The number of hydrogen-bond acceptors (Lipinski definition) is 3. The zero-order chi connectivity index (χ0) is 23.1. The van der Waals surface area contributed by atoms with Crippen LogP contribution in [-0.2, 0) is 16.8 Å². The SMILES string of the molecule is Cc1cc2n(n1)CCCC21CNCC1C(=O)N1CCC(c2ccccc2)CC1C1CCCCC1. The molecular formula is C29H40N4O. The van der Waals surface area contributed by atoms with E-state index in [1.54, 1.807) is 0 Å². The van der Waals surface area contributed by atoms with E-state index in [1.165, 1.54) is 43.4 Å². The molecule has 6 rings (SSSR count). The number of amides is 1. The van der Waals surface area contributed by atoms with Crippen LogP contribution in [0.1, 0.15) is 80.7 Å². The van der Waals surface area contributed by atoms with Gasteiger partial charge in [-0.05, 0) is 68.9 Å². The molecule has 2 saturated heterocycles. The Morgan fingerprint density at radius 3 is 2.71 bits per heavy atom. The molecule has 4 heterocycles. The topological polar surface area (TPSA) is 50.2 Å². The lowest BCUT2D eigenvalue weighted by molar-refractivity contribution is -0.143. The molecule has 1 N–H and O–H groups in total. The second kappa shape index (κ2) is 9.14. The van der Waals surface area contributed by atoms with Crippen molar-refractivity contribution in [2.24, 2.45) is 11.8 Å². The van der Waals surface area contributed by atoms with Crippen LogP contribution in [0.25, 0.3) is 0 Å². The van der Waals surface area contributed by atoms with Crippen LogP contribution in [0.5, 0.6) is 0 Å². The number of benzene rings is 1. The van der Waals surface area contributed by atoms with Gasteiger partial charge in [0.1, 0.15) is 0 Å². The molecule has 1 aromatic heterocycles. The Kier molecular flexibility index (Phi) is 6.00. The van der Waals surface area contributed by atoms with E-state index in [0.29, 0.717) is 23.8 Å². The molecule has 1 aliphatic carbocycles. The molecule has 1 saturated carbocycles. The minimum atomic E-state index is -0.0933. The molecule has 0 bridgehead atoms. The number of nitrogens with zero attached hydrogens (tertiary/aromatic N) is 3. The van der Waals surface area contributed by atoms with Gasteiger partial charge in [0.2, 0.25) is 5.91 Å². The van der Waals surface area contributed by atoms with Crippen LogP contribution >= 0.6 is 0 Å². The van der Waals surface area contributed by atoms with E-state index in [1.807, 2.05) is 0 Å². The third-order valence-corrected chi connectivity index (χ3v) is 9.55. The molecule has 3 fully saturated rings. The highest BCUT2D eigenvalue weighted by Gasteiger charge is 2.53. The first-order valence-corrected chi connectivity index (χ1v) is 13.8. The number of aryl methyl sites for hydroxylation is 2. The summed E-state index contributed by atoms with van der Waals surface area (Å²) in [4.78, 5) is 16.8. The van der Waals surface area contributed by atoms with Gasteiger partial charge in [-0.25, -0.2) is 0 Å². The maximum Gasteiger partial charge on any atom is 0.228 e. The normalized spacial score (nSPS) is 32.1. The number of carbonyl (C=O) groups excluding carboxylic acids is 1. The minimum absolute atomic E-state index is 0.0296. The quantitative estimate of drug-likeness (QED) is 0.716. The zero-order valence-corrected chi connectivity index (χ0v) is 20.7. The van der Waals surface area contributed by atoms with Crippen LogP contribution in [0.3, 0.4) is 0 Å². The summed E-state index contributed by atoms with van der Waals surface area (Å²) >= 11 is 0. The summed E-state index contributed by atoms with van der Waals surface area (Å²) in [7, 11) is 0. The number of piperidine rings is 1. The van der Waals surface area contributed by atoms with Crippen molar-refractivity contribution in [3.8, 4) is 0 Å². The molecule has 2 aromatic rings.